The van der Waals surface area contributed by atoms with Crippen LogP contribution in [0.2, 0.25) is 0 Å². The van der Waals surface area contributed by atoms with Crippen LogP contribution in [-0.2, 0) is 14.1 Å². The molecule has 0 radical (unpaired) electrons. The molecule has 0 saturated carbocycles. The van der Waals surface area contributed by atoms with Gasteiger partial charge in [-0.1, -0.05) is 36.4 Å². The molecule has 0 aliphatic carbocycles. The molecule has 2 aromatic heterocycles. The molecule has 2 heteroatoms. The van der Waals surface area contributed by atoms with Crippen molar-refractivity contribution < 1.29 is 9.13 Å². The molecule has 0 aliphatic rings. The Labute approximate surface area is 129 Å². The van der Waals surface area contributed by atoms with Crippen LogP contribution in [0.4, 0.5) is 0 Å². The lowest BCUT2D eigenvalue weighted by atomic mass is 10.0. The Kier molecular flexibility index (Phi) is 2.90. The van der Waals surface area contributed by atoms with Crippen molar-refractivity contribution in [1.29, 1.82) is 0 Å². The molecule has 0 amide bonds. The van der Waals surface area contributed by atoms with E-state index in [1.54, 1.807) is 0 Å². The van der Waals surface area contributed by atoms with Crippen LogP contribution in [0, 0.1) is 0 Å². The molecule has 106 valence electrons. The second-order valence-corrected chi connectivity index (χ2v) is 5.73. The van der Waals surface area contributed by atoms with E-state index in [9.17, 15) is 0 Å². The van der Waals surface area contributed by atoms with Crippen LogP contribution >= 0.6 is 0 Å². The lowest BCUT2D eigenvalue weighted by molar-refractivity contribution is -0.688. The minimum absolute atomic E-state index is 1.25. The van der Waals surface area contributed by atoms with Crippen molar-refractivity contribution in [1.82, 2.24) is 0 Å². The summed E-state index contributed by atoms with van der Waals surface area (Å²) in [5.74, 6) is 0. The Morgan fingerprint density at radius 3 is 1.41 bits per heavy atom. The van der Waals surface area contributed by atoms with Crippen LogP contribution in [0.5, 0.6) is 0 Å². The molecule has 0 unspecified atom stereocenters. The van der Waals surface area contributed by atoms with Gasteiger partial charge in [-0.3, -0.25) is 0 Å². The third-order valence-corrected chi connectivity index (χ3v) is 4.32. The van der Waals surface area contributed by atoms with Gasteiger partial charge in [-0.25, -0.2) is 0 Å². The number of aromatic nitrogens is 2. The van der Waals surface area contributed by atoms with Crippen molar-refractivity contribution in [3.63, 3.8) is 0 Å². The SMILES string of the molecule is C[n+]1ccc2ccccc2c1-c1c2ccccc2cc[n+]1C. The van der Waals surface area contributed by atoms with Gasteiger partial charge in [0.05, 0.1) is 10.8 Å². The summed E-state index contributed by atoms with van der Waals surface area (Å²) in [6.07, 6.45) is 4.28. The molecule has 2 aromatic carbocycles. The number of hydrogen-bond acceptors (Lipinski definition) is 0. The minimum atomic E-state index is 1.25. The molecule has 2 nitrogen and oxygen atoms in total. The number of benzene rings is 2. The Bertz CT molecular complexity index is 920. The van der Waals surface area contributed by atoms with Crippen LogP contribution in [-0.4, -0.2) is 0 Å². The Balaban J connectivity index is 2.21. The molecule has 0 saturated heterocycles. The summed E-state index contributed by atoms with van der Waals surface area (Å²) < 4.78 is 4.42. The van der Waals surface area contributed by atoms with Crippen molar-refractivity contribution in [3.8, 4) is 11.4 Å². The van der Waals surface area contributed by atoms with Crippen molar-refractivity contribution >= 4 is 21.5 Å². The molecular formula is C20H18N2+2. The van der Waals surface area contributed by atoms with Gasteiger partial charge in [0.1, 0.15) is 14.1 Å². The summed E-state index contributed by atoms with van der Waals surface area (Å²) in [7, 11) is 4.23. The fraction of sp³-hybridized carbons (Fsp3) is 0.100. The van der Waals surface area contributed by atoms with Crippen molar-refractivity contribution in [3.05, 3.63) is 73.1 Å². The van der Waals surface area contributed by atoms with Crippen molar-refractivity contribution in [2.24, 2.45) is 14.1 Å². The molecule has 0 atom stereocenters. The second-order valence-electron chi connectivity index (χ2n) is 5.73. The lowest BCUT2D eigenvalue weighted by Crippen LogP contribution is -2.38. The van der Waals surface area contributed by atoms with Crippen LogP contribution in [0.25, 0.3) is 32.9 Å². The maximum Gasteiger partial charge on any atom is 0.285 e. The summed E-state index contributed by atoms with van der Waals surface area (Å²) in [6, 6.07) is 21.5. The molecule has 0 N–H and O–H groups in total. The van der Waals surface area contributed by atoms with E-state index in [1.807, 2.05) is 0 Å². The van der Waals surface area contributed by atoms with Crippen molar-refractivity contribution in [2.45, 2.75) is 0 Å². The fourth-order valence-electron chi connectivity index (χ4n) is 3.22. The molecular weight excluding hydrogens is 268 g/mol. The second kappa shape index (κ2) is 4.92. The molecule has 0 fully saturated rings. The highest BCUT2D eigenvalue weighted by Gasteiger charge is 2.25. The molecule has 2 heterocycles. The van der Waals surface area contributed by atoms with Crippen LogP contribution < -0.4 is 9.13 Å². The van der Waals surface area contributed by atoms with Gasteiger partial charge < -0.3 is 0 Å². The third-order valence-electron chi connectivity index (χ3n) is 4.32. The normalized spacial score (nSPS) is 11.2. The van der Waals surface area contributed by atoms with E-state index in [2.05, 4.69) is 96.3 Å². The van der Waals surface area contributed by atoms with Crippen LogP contribution in [0.3, 0.4) is 0 Å². The average Bonchev–Trinajstić information content (AvgIpc) is 2.56. The zero-order valence-electron chi connectivity index (χ0n) is 12.8. The first-order valence-corrected chi connectivity index (χ1v) is 7.51. The monoisotopic (exact) mass is 286 g/mol. The minimum Gasteiger partial charge on any atom is -0.195 e. The molecule has 22 heavy (non-hydrogen) atoms. The van der Waals surface area contributed by atoms with Gasteiger partial charge >= 0.3 is 0 Å². The number of hydrogen-bond donors (Lipinski definition) is 0. The topological polar surface area (TPSA) is 7.76 Å². The summed E-state index contributed by atoms with van der Waals surface area (Å²) >= 11 is 0. The van der Waals surface area contributed by atoms with Gasteiger partial charge in [0.2, 0.25) is 0 Å². The van der Waals surface area contributed by atoms with E-state index in [0.29, 0.717) is 0 Å². The highest BCUT2D eigenvalue weighted by Crippen LogP contribution is 2.28. The first-order chi connectivity index (χ1) is 10.8. The van der Waals surface area contributed by atoms with E-state index < -0.39 is 0 Å². The number of pyridine rings is 2. The molecule has 0 spiro atoms. The molecule has 0 aliphatic heterocycles. The van der Waals surface area contributed by atoms with Gasteiger partial charge in [0.15, 0.2) is 12.4 Å². The predicted octanol–water partition coefficient (Wildman–Crippen LogP) is 3.31. The molecule has 4 aromatic rings. The first kappa shape index (κ1) is 13.0. The molecule has 0 bridgehead atoms. The van der Waals surface area contributed by atoms with Crippen molar-refractivity contribution in [2.75, 3.05) is 0 Å². The Hall–Kier alpha value is -2.74. The van der Waals surface area contributed by atoms with Gasteiger partial charge in [-0.2, -0.15) is 9.13 Å². The predicted molar refractivity (Wildman–Crippen MR) is 89.2 cm³/mol. The summed E-state index contributed by atoms with van der Waals surface area (Å²) in [6.45, 7) is 0. The van der Waals surface area contributed by atoms with E-state index in [4.69, 9.17) is 0 Å². The largest absolute Gasteiger partial charge is 0.285 e. The smallest absolute Gasteiger partial charge is 0.195 e. The van der Waals surface area contributed by atoms with E-state index in [0.717, 1.165) is 0 Å². The summed E-state index contributed by atoms with van der Waals surface area (Å²) in [5.41, 5.74) is 2.50. The van der Waals surface area contributed by atoms with Crippen LogP contribution in [0.15, 0.2) is 73.1 Å². The summed E-state index contributed by atoms with van der Waals surface area (Å²) in [4.78, 5) is 0. The lowest BCUT2D eigenvalue weighted by Gasteiger charge is -2.06. The number of rotatable bonds is 1. The van der Waals surface area contributed by atoms with Gasteiger partial charge in [0, 0.05) is 12.1 Å². The Morgan fingerprint density at radius 1 is 0.545 bits per heavy atom. The highest BCUT2D eigenvalue weighted by atomic mass is 15.0. The first-order valence-electron chi connectivity index (χ1n) is 7.51. The maximum absolute atomic E-state index is 2.21. The van der Waals surface area contributed by atoms with E-state index in [1.165, 1.54) is 32.9 Å². The van der Waals surface area contributed by atoms with Crippen LogP contribution in [0.1, 0.15) is 0 Å². The quantitative estimate of drug-likeness (QED) is 0.474. The van der Waals surface area contributed by atoms with E-state index >= 15 is 0 Å². The third kappa shape index (κ3) is 1.88. The number of nitrogens with zero attached hydrogens (tertiary/aromatic N) is 2. The zero-order chi connectivity index (χ0) is 15.1. The van der Waals surface area contributed by atoms with Gasteiger partial charge in [-0.05, 0) is 22.9 Å². The van der Waals surface area contributed by atoms with Gasteiger partial charge in [-0.15, -0.1) is 0 Å². The standard InChI is InChI=1S/C20H18N2/c1-21-13-11-15-7-3-5-9-17(15)19(21)20-18-10-6-4-8-16(18)12-14-22(20)2/h3-14H,1-2H3/q+2. The number of fused-ring (bicyclic) bond motifs is 2. The molecule has 4 rings (SSSR count). The highest BCUT2D eigenvalue weighted by molar-refractivity contribution is 5.99. The average molecular weight is 286 g/mol. The zero-order valence-corrected chi connectivity index (χ0v) is 12.8. The number of aryl methyl sites for hydroxylation is 2. The maximum atomic E-state index is 2.21. The van der Waals surface area contributed by atoms with Gasteiger partial charge in [0.25, 0.3) is 11.4 Å². The van der Waals surface area contributed by atoms with E-state index in [-0.39, 0.29) is 0 Å². The Morgan fingerprint density at radius 2 is 0.955 bits per heavy atom. The fourth-order valence-corrected chi connectivity index (χ4v) is 3.22. The summed E-state index contributed by atoms with van der Waals surface area (Å²) in [5, 5.41) is 5.09.